The van der Waals surface area contributed by atoms with Gasteiger partial charge in [0.25, 0.3) is 5.91 Å². The van der Waals surface area contributed by atoms with E-state index in [1.807, 2.05) is 5.38 Å². The zero-order chi connectivity index (χ0) is 15.0. The van der Waals surface area contributed by atoms with Crippen molar-refractivity contribution >= 4 is 28.9 Å². The zero-order valence-corrected chi connectivity index (χ0v) is 12.0. The molecular formula is C15H14N2O3S. The van der Waals surface area contributed by atoms with E-state index in [4.69, 9.17) is 5.73 Å². The topological polar surface area (TPSA) is 83.6 Å². The van der Waals surface area contributed by atoms with Crippen LogP contribution >= 0.6 is 11.3 Å². The van der Waals surface area contributed by atoms with E-state index in [1.54, 1.807) is 30.3 Å². The van der Waals surface area contributed by atoms with E-state index < -0.39 is 12.0 Å². The fraction of sp³-hybridized carbons (Fsp3) is 0.200. The Kier molecular flexibility index (Phi) is 3.39. The standard InChI is InChI=1S/C15H14N2O3S/c16-11-4-2-1-3-9(11)14(18)17-7-5-12-10(6-8-21-12)13(17)15(19)20/h1-4,6,8,13H,5,7,16H2,(H,19,20). The molecule has 1 aromatic heterocycles. The Labute approximate surface area is 125 Å². The highest BCUT2D eigenvalue weighted by Gasteiger charge is 2.37. The molecule has 5 nitrogen and oxygen atoms in total. The predicted octanol–water partition coefficient (Wildman–Crippen LogP) is 2.15. The van der Waals surface area contributed by atoms with Crippen LogP contribution in [-0.2, 0) is 11.2 Å². The number of anilines is 1. The van der Waals surface area contributed by atoms with Crippen LogP contribution in [0.25, 0.3) is 0 Å². The molecule has 108 valence electrons. The number of rotatable bonds is 2. The van der Waals surface area contributed by atoms with Crippen LogP contribution < -0.4 is 5.73 Å². The number of fused-ring (bicyclic) bond motifs is 1. The lowest BCUT2D eigenvalue weighted by Crippen LogP contribution is -2.43. The van der Waals surface area contributed by atoms with Crippen LogP contribution in [0.1, 0.15) is 26.8 Å². The Bertz CT molecular complexity index is 710. The van der Waals surface area contributed by atoms with Gasteiger partial charge in [0.15, 0.2) is 6.04 Å². The van der Waals surface area contributed by atoms with Crippen molar-refractivity contribution in [1.29, 1.82) is 0 Å². The number of carboxylic acids is 1. The molecule has 6 heteroatoms. The Morgan fingerprint density at radius 3 is 2.76 bits per heavy atom. The van der Waals surface area contributed by atoms with Crippen molar-refractivity contribution in [3.63, 3.8) is 0 Å². The molecule has 0 saturated carbocycles. The fourth-order valence-electron chi connectivity index (χ4n) is 2.65. The summed E-state index contributed by atoms with van der Waals surface area (Å²) < 4.78 is 0. The number of hydrogen-bond donors (Lipinski definition) is 2. The van der Waals surface area contributed by atoms with Gasteiger partial charge in [-0.05, 0) is 35.6 Å². The smallest absolute Gasteiger partial charge is 0.331 e. The first-order valence-corrected chi connectivity index (χ1v) is 7.42. The van der Waals surface area contributed by atoms with E-state index >= 15 is 0 Å². The highest BCUT2D eigenvalue weighted by molar-refractivity contribution is 7.10. The molecule has 1 aromatic carbocycles. The number of nitrogens with two attached hydrogens (primary N) is 1. The second-order valence-corrected chi connectivity index (χ2v) is 5.88. The van der Waals surface area contributed by atoms with Crippen LogP contribution in [0, 0.1) is 0 Å². The maximum absolute atomic E-state index is 12.7. The molecule has 2 aromatic rings. The average Bonchev–Trinajstić information content (AvgIpc) is 2.94. The maximum Gasteiger partial charge on any atom is 0.331 e. The zero-order valence-electron chi connectivity index (χ0n) is 11.2. The molecule has 0 aliphatic carbocycles. The summed E-state index contributed by atoms with van der Waals surface area (Å²) in [5, 5.41) is 11.4. The minimum Gasteiger partial charge on any atom is -0.479 e. The highest BCUT2D eigenvalue weighted by atomic mass is 32.1. The third-order valence-electron chi connectivity index (χ3n) is 3.65. The number of benzene rings is 1. The summed E-state index contributed by atoms with van der Waals surface area (Å²) in [6, 6.07) is 7.58. The van der Waals surface area contributed by atoms with Crippen molar-refractivity contribution < 1.29 is 14.7 Å². The van der Waals surface area contributed by atoms with E-state index in [2.05, 4.69) is 0 Å². The van der Waals surface area contributed by atoms with E-state index in [9.17, 15) is 14.7 Å². The van der Waals surface area contributed by atoms with Gasteiger partial charge in [0, 0.05) is 17.1 Å². The molecule has 0 spiro atoms. The summed E-state index contributed by atoms with van der Waals surface area (Å²) in [7, 11) is 0. The third kappa shape index (κ3) is 2.27. The molecule has 1 amide bonds. The Morgan fingerprint density at radius 2 is 2.05 bits per heavy atom. The predicted molar refractivity (Wildman–Crippen MR) is 80.3 cm³/mol. The van der Waals surface area contributed by atoms with Gasteiger partial charge in [0.05, 0.1) is 5.56 Å². The molecule has 2 heterocycles. The summed E-state index contributed by atoms with van der Waals surface area (Å²) in [5.74, 6) is -1.35. The number of thiophene rings is 1. The highest BCUT2D eigenvalue weighted by Crippen LogP contribution is 2.34. The molecule has 21 heavy (non-hydrogen) atoms. The van der Waals surface area contributed by atoms with Gasteiger partial charge in [-0.1, -0.05) is 12.1 Å². The Hall–Kier alpha value is -2.34. The van der Waals surface area contributed by atoms with E-state index in [0.717, 1.165) is 4.88 Å². The second kappa shape index (κ2) is 5.21. The van der Waals surface area contributed by atoms with E-state index in [0.29, 0.717) is 29.8 Å². The number of carboxylic acid groups (broad SMARTS) is 1. The number of carbonyl (C=O) groups excluding carboxylic acids is 1. The minimum atomic E-state index is -1.02. The summed E-state index contributed by atoms with van der Waals surface area (Å²) in [5.41, 5.74) is 7.25. The van der Waals surface area contributed by atoms with Gasteiger partial charge in [0.2, 0.25) is 0 Å². The Balaban J connectivity index is 2.00. The molecule has 1 atom stereocenters. The van der Waals surface area contributed by atoms with E-state index in [1.165, 1.54) is 16.2 Å². The summed E-state index contributed by atoms with van der Waals surface area (Å²) in [6.45, 7) is 0.387. The van der Waals surface area contributed by atoms with Gasteiger partial charge in [-0.3, -0.25) is 4.79 Å². The van der Waals surface area contributed by atoms with Crippen molar-refractivity contribution in [3.05, 3.63) is 51.7 Å². The molecular weight excluding hydrogens is 288 g/mol. The number of carbonyl (C=O) groups is 2. The van der Waals surface area contributed by atoms with Crippen molar-refractivity contribution in [3.8, 4) is 0 Å². The molecule has 3 rings (SSSR count). The molecule has 3 N–H and O–H groups in total. The van der Waals surface area contributed by atoms with Gasteiger partial charge < -0.3 is 15.7 Å². The molecule has 0 bridgehead atoms. The lowest BCUT2D eigenvalue weighted by molar-refractivity contribution is -0.142. The minimum absolute atomic E-state index is 0.336. The first kappa shape index (κ1) is 13.6. The first-order valence-electron chi connectivity index (χ1n) is 6.54. The van der Waals surface area contributed by atoms with E-state index in [-0.39, 0.29) is 5.91 Å². The van der Waals surface area contributed by atoms with Crippen LogP contribution in [0.15, 0.2) is 35.7 Å². The normalized spacial score (nSPS) is 17.3. The van der Waals surface area contributed by atoms with Gasteiger partial charge in [-0.15, -0.1) is 11.3 Å². The quantitative estimate of drug-likeness (QED) is 0.833. The van der Waals surface area contributed by atoms with Crippen LogP contribution in [0.3, 0.4) is 0 Å². The van der Waals surface area contributed by atoms with Crippen LogP contribution in [0.2, 0.25) is 0 Å². The summed E-state index contributed by atoms with van der Waals surface area (Å²) >= 11 is 1.53. The average molecular weight is 302 g/mol. The Morgan fingerprint density at radius 1 is 1.29 bits per heavy atom. The van der Waals surface area contributed by atoms with Gasteiger partial charge in [0.1, 0.15) is 0 Å². The third-order valence-corrected chi connectivity index (χ3v) is 4.65. The maximum atomic E-state index is 12.7. The van der Waals surface area contributed by atoms with Crippen molar-refractivity contribution in [1.82, 2.24) is 4.90 Å². The number of nitrogen functional groups attached to an aromatic ring is 1. The largest absolute Gasteiger partial charge is 0.479 e. The number of para-hydroxylation sites is 1. The summed E-state index contributed by atoms with van der Waals surface area (Å²) in [4.78, 5) is 26.7. The molecule has 0 saturated heterocycles. The number of aliphatic carboxylic acids is 1. The lowest BCUT2D eigenvalue weighted by Gasteiger charge is -2.33. The number of hydrogen-bond acceptors (Lipinski definition) is 4. The van der Waals surface area contributed by atoms with Crippen LogP contribution in [0.5, 0.6) is 0 Å². The van der Waals surface area contributed by atoms with Gasteiger partial charge in [-0.25, -0.2) is 4.79 Å². The molecule has 0 fully saturated rings. The number of nitrogens with zero attached hydrogens (tertiary/aromatic N) is 1. The fourth-order valence-corrected chi connectivity index (χ4v) is 3.55. The SMILES string of the molecule is Nc1ccccc1C(=O)N1CCc2sccc2C1C(=O)O. The lowest BCUT2D eigenvalue weighted by atomic mass is 9.98. The summed E-state index contributed by atoms with van der Waals surface area (Å²) in [6.07, 6.45) is 0.676. The second-order valence-electron chi connectivity index (χ2n) is 4.88. The molecule has 1 aliphatic rings. The molecule has 1 aliphatic heterocycles. The van der Waals surface area contributed by atoms with Gasteiger partial charge in [-0.2, -0.15) is 0 Å². The van der Waals surface area contributed by atoms with Gasteiger partial charge >= 0.3 is 5.97 Å². The van der Waals surface area contributed by atoms with Crippen molar-refractivity contribution in [2.24, 2.45) is 0 Å². The van der Waals surface area contributed by atoms with Crippen LogP contribution in [0.4, 0.5) is 5.69 Å². The number of amides is 1. The monoisotopic (exact) mass is 302 g/mol. The van der Waals surface area contributed by atoms with Crippen LogP contribution in [-0.4, -0.2) is 28.4 Å². The molecule has 1 unspecified atom stereocenters. The molecule has 0 radical (unpaired) electrons. The first-order chi connectivity index (χ1) is 10.1. The van der Waals surface area contributed by atoms with Crippen molar-refractivity contribution in [2.75, 3.05) is 12.3 Å². The van der Waals surface area contributed by atoms with Crippen molar-refractivity contribution in [2.45, 2.75) is 12.5 Å².